The van der Waals surface area contributed by atoms with E-state index >= 15 is 0 Å². The summed E-state index contributed by atoms with van der Waals surface area (Å²) < 4.78 is 38.8. The third kappa shape index (κ3) is 4.67. The highest BCUT2D eigenvalue weighted by molar-refractivity contribution is 5.79. The summed E-state index contributed by atoms with van der Waals surface area (Å²) >= 11 is 0. The van der Waals surface area contributed by atoms with E-state index in [2.05, 4.69) is 0 Å². The molecule has 0 radical (unpaired) electrons. The van der Waals surface area contributed by atoms with Gasteiger partial charge in [0.05, 0.1) is 12.0 Å². The number of alkyl halides is 3. The lowest BCUT2D eigenvalue weighted by molar-refractivity contribution is -0.200. The van der Waals surface area contributed by atoms with Gasteiger partial charge < -0.3 is 10.0 Å². The third-order valence-electron chi connectivity index (χ3n) is 3.76. The first-order chi connectivity index (χ1) is 8.73. The van der Waals surface area contributed by atoms with Gasteiger partial charge in [-0.25, -0.2) is 0 Å². The average Bonchev–Trinajstić information content (AvgIpc) is 2.34. The normalized spacial score (nSPS) is 26.0. The van der Waals surface area contributed by atoms with Crippen molar-refractivity contribution in [3.63, 3.8) is 0 Å². The number of aliphatic hydroxyl groups is 1. The van der Waals surface area contributed by atoms with Crippen LogP contribution in [0.4, 0.5) is 13.2 Å². The fourth-order valence-corrected chi connectivity index (χ4v) is 2.59. The molecule has 0 aromatic rings. The molecule has 3 nitrogen and oxygen atoms in total. The maximum absolute atomic E-state index is 12.9. The van der Waals surface area contributed by atoms with Gasteiger partial charge in [0.2, 0.25) is 5.91 Å². The van der Waals surface area contributed by atoms with Crippen LogP contribution in [0.2, 0.25) is 0 Å². The Kier molecular flexibility index (Phi) is 5.64. The van der Waals surface area contributed by atoms with E-state index in [1.807, 2.05) is 0 Å². The minimum atomic E-state index is -4.30. The molecule has 0 aromatic carbocycles. The molecule has 0 aliphatic heterocycles. The van der Waals surface area contributed by atoms with Crippen LogP contribution in [0.15, 0.2) is 0 Å². The Hall–Kier alpha value is -0.780. The number of amides is 1. The Bertz CT molecular complexity index is 305. The molecule has 1 fully saturated rings. The van der Waals surface area contributed by atoms with Gasteiger partial charge in [0.25, 0.3) is 0 Å². The molecule has 19 heavy (non-hydrogen) atoms. The van der Waals surface area contributed by atoms with Crippen LogP contribution in [-0.2, 0) is 4.79 Å². The monoisotopic (exact) mass is 281 g/mol. The van der Waals surface area contributed by atoms with Crippen molar-refractivity contribution in [3.8, 4) is 0 Å². The molecule has 112 valence electrons. The number of nitrogens with zero attached hydrogens (tertiary/aromatic N) is 1. The van der Waals surface area contributed by atoms with Crippen molar-refractivity contribution < 1.29 is 23.1 Å². The fourth-order valence-electron chi connectivity index (χ4n) is 2.59. The van der Waals surface area contributed by atoms with Gasteiger partial charge >= 0.3 is 6.18 Å². The van der Waals surface area contributed by atoms with E-state index in [4.69, 9.17) is 5.11 Å². The van der Waals surface area contributed by atoms with Crippen LogP contribution in [0.1, 0.15) is 39.0 Å². The SMILES string of the molecule is CC(O)CCN(C)C(=O)C1CCCCC1C(F)(F)F. The standard InChI is InChI=1S/C13H22F3NO2/c1-9(18)7-8-17(2)12(19)10-5-3-4-6-11(10)13(14,15)16/h9-11,18H,3-8H2,1-2H3. The van der Waals surface area contributed by atoms with E-state index in [0.717, 1.165) is 0 Å². The quantitative estimate of drug-likeness (QED) is 0.860. The van der Waals surface area contributed by atoms with Crippen molar-refractivity contribution in [2.45, 2.75) is 51.3 Å². The van der Waals surface area contributed by atoms with E-state index in [0.29, 0.717) is 25.7 Å². The summed E-state index contributed by atoms with van der Waals surface area (Å²) in [7, 11) is 1.51. The lowest BCUT2D eigenvalue weighted by atomic mass is 9.78. The molecule has 3 atom stereocenters. The molecular formula is C13H22F3NO2. The zero-order valence-corrected chi connectivity index (χ0v) is 11.4. The highest BCUT2D eigenvalue weighted by atomic mass is 19.4. The number of halogens is 3. The second-order valence-electron chi connectivity index (χ2n) is 5.44. The van der Waals surface area contributed by atoms with Crippen molar-refractivity contribution in [3.05, 3.63) is 0 Å². The maximum Gasteiger partial charge on any atom is 0.392 e. The summed E-state index contributed by atoms with van der Waals surface area (Å²) in [5, 5.41) is 9.16. The lowest BCUT2D eigenvalue weighted by Gasteiger charge is -2.34. The van der Waals surface area contributed by atoms with Gasteiger partial charge in [-0.1, -0.05) is 12.8 Å². The average molecular weight is 281 g/mol. The molecule has 6 heteroatoms. The first-order valence-corrected chi connectivity index (χ1v) is 6.73. The van der Waals surface area contributed by atoms with Crippen LogP contribution < -0.4 is 0 Å². The molecule has 1 saturated carbocycles. The van der Waals surface area contributed by atoms with E-state index in [-0.39, 0.29) is 13.0 Å². The summed E-state index contributed by atoms with van der Waals surface area (Å²) in [5.41, 5.74) is 0. The van der Waals surface area contributed by atoms with Crippen molar-refractivity contribution in [1.82, 2.24) is 4.90 Å². The number of rotatable bonds is 4. The Morgan fingerprint density at radius 3 is 2.47 bits per heavy atom. The van der Waals surface area contributed by atoms with Crippen molar-refractivity contribution in [2.75, 3.05) is 13.6 Å². The second-order valence-corrected chi connectivity index (χ2v) is 5.44. The molecule has 3 unspecified atom stereocenters. The maximum atomic E-state index is 12.9. The number of hydrogen-bond acceptors (Lipinski definition) is 2. The van der Waals surface area contributed by atoms with Crippen LogP contribution in [0.25, 0.3) is 0 Å². The minimum absolute atomic E-state index is 0.0458. The van der Waals surface area contributed by atoms with Gasteiger partial charge in [-0.3, -0.25) is 4.79 Å². The van der Waals surface area contributed by atoms with E-state index in [1.165, 1.54) is 11.9 Å². The van der Waals surface area contributed by atoms with E-state index in [9.17, 15) is 18.0 Å². The highest BCUT2D eigenvalue weighted by Gasteiger charge is 2.48. The molecule has 1 rings (SSSR count). The minimum Gasteiger partial charge on any atom is -0.393 e. The molecule has 1 amide bonds. The Labute approximate surface area is 111 Å². The van der Waals surface area contributed by atoms with Gasteiger partial charge in [-0.05, 0) is 26.2 Å². The van der Waals surface area contributed by atoms with Crippen molar-refractivity contribution in [1.29, 1.82) is 0 Å². The number of hydrogen-bond donors (Lipinski definition) is 1. The molecule has 0 aromatic heterocycles. The molecule has 1 aliphatic rings. The third-order valence-corrected chi connectivity index (χ3v) is 3.76. The lowest BCUT2D eigenvalue weighted by Crippen LogP contribution is -2.43. The smallest absolute Gasteiger partial charge is 0.392 e. The molecule has 1 N–H and O–H groups in total. The molecule has 0 spiro atoms. The number of aliphatic hydroxyl groups excluding tert-OH is 1. The van der Waals surface area contributed by atoms with Gasteiger partial charge in [0.1, 0.15) is 0 Å². The zero-order valence-electron chi connectivity index (χ0n) is 11.4. The summed E-state index contributed by atoms with van der Waals surface area (Å²) in [4.78, 5) is 13.4. The second kappa shape index (κ2) is 6.59. The largest absolute Gasteiger partial charge is 0.393 e. The topological polar surface area (TPSA) is 40.5 Å². The van der Waals surface area contributed by atoms with Crippen LogP contribution in [0, 0.1) is 11.8 Å². The molecule has 1 aliphatic carbocycles. The number of carbonyl (C=O) groups is 1. The molecule has 0 bridgehead atoms. The van der Waals surface area contributed by atoms with Gasteiger partial charge in [0.15, 0.2) is 0 Å². The summed E-state index contributed by atoms with van der Waals surface area (Å²) in [6.45, 7) is 1.88. The predicted molar refractivity (Wildman–Crippen MR) is 65.4 cm³/mol. The van der Waals surface area contributed by atoms with Crippen molar-refractivity contribution >= 4 is 5.91 Å². The Morgan fingerprint density at radius 2 is 1.95 bits per heavy atom. The predicted octanol–water partition coefficient (Wildman–Crippen LogP) is 2.58. The van der Waals surface area contributed by atoms with Gasteiger partial charge in [-0.15, -0.1) is 0 Å². The van der Waals surface area contributed by atoms with Crippen LogP contribution >= 0.6 is 0 Å². The van der Waals surface area contributed by atoms with Crippen LogP contribution in [0.3, 0.4) is 0 Å². The highest BCUT2D eigenvalue weighted by Crippen LogP contribution is 2.42. The summed E-state index contributed by atoms with van der Waals surface area (Å²) in [6.07, 6.45) is -2.91. The molecule has 0 saturated heterocycles. The van der Waals surface area contributed by atoms with Crippen molar-refractivity contribution in [2.24, 2.45) is 11.8 Å². The van der Waals surface area contributed by atoms with Gasteiger partial charge in [-0.2, -0.15) is 13.2 Å². The Morgan fingerprint density at radius 1 is 1.37 bits per heavy atom. The number of carbonyl (C=O) groups excluding carboxylic acids is 1. The fraction of sp³-hybridized carbons (Fsp3) is 0.923. The zero-order chi connectivity index (χ0) is 14.6. The Balaban J connectivity index is 2.66. The summed E-state index contributed by atoms with van der Waals surface area (Å²) in [5.74, 6) is -2.90. The van der Waals surface area contributed by atoms with Crippen LogP contribution in [-0.4, -0.2) is 41.8 Å². The van der Waals surface area contributed by atoms with Gasteiger partial charge in [0, 0.05) is 19.5 Å². The van der Waals surface area contributed by atoms with E-state index < -0.39 is 30.0 Å². The first kappa shape index (κ1) is 16.3. The van der Waals surface area contributed by atoms with E-state index in [1.54, 1.807) is 6.92 Å². The van der Waals surface area contributed by atoms with Crippen LogP contribution in [0.5, 0.6) is 0 Å². The summed E-state index contributed by atoms with van der Waals surface area (Å²) in [6, 6.07) is 0. The first-order valence-electron chi connectivity index (χ1n) is 6.73. The molecule has 0 heterocycles. The molecular weight excluding hydrogens is 259 g/mol.